The van der Waals surface area contributed by atoms with Crippen molar-refractivity contribution in [3.05, 3.63) is 5.82 Å². The van der Waals surface area contributed by atoms with Crippen molar-refractivity contribution in [2.24, 2.45) is 13.0 Å². The maximum absolute atomic E-state index is 12.5. The summed E-state index contributed by atoms with van der Waals surface area (Å²) in [5, 5.41) is 9.36. The number of hydrogen-bond acceptors (Lipinski definition) is 4. The summed E-state index contributed by atoms with van der Waals surface area (Å²) in [5.74, 6) is -1.03. The summed E-state index contributed by atoms with van der Waals surface area (Å²) < 4.78 is 38.4. The van der Waals surface area contributed by atoms with Gasteiger partial charge in [0.25, 0.3) is 0 Å². The van der Waals surface area contributed by atoms with Crippen molar-refractivity contribution in [3.63, 3.8) is 0 Å². The Bertz CT molecular complexity index is 473. The largest absolute Gasteiger partial charge is 0.451 e. The quantitative estimate of drug-likeness (QED) is 0.846. The third kappa shape index (κ3) is 4.39. The van der Waals surface area contributed by atoms with E-state index >= 15 is 0 Å². The van der Waals surface area contributed by atoms with Gasteiger partial charge in [-0.1, -0.05) is 25.6 Å². The first-order valence-corrected chi connectivity index (χ1v) is 7.00. The molecule has 1 N–H and O–H groups in total. The Kier molecular flexibility index (Phi) is 5.43. The Morgan fingerprint density at radius 1 is 1.35 bits per heavy atom. The molecule has 0 aromatic carbocycles. The van der Waals surface area contributed by atoms with Crippen molar-refractivity contribution < 1.29 is 18.0 Å². The molecule has 0 bridgehead atoms. The van der Waals surface area contributed by atoms with Crippen molar-refractivity contribution in [1.82, 2.24) is 20.1 Å². The van der Waals surface area contributed by atoms with E-state index in [0.29, 0.717) is 0 Å². The highest BCUT2D eigenvalue weighted by molar-refractivity contribution is 7.99. The minimum absolute atomic E-state index is 0.000883. The van der Waals surface area contributed by atoms with E-state index in [2.05, 4.69) is 15.5 Å². The molecule has 9 heteroatoms. The summed E-state index contributed by atoms with van der Waals surface area (Å²) in [5.41, 5.74) is 0. The van der Waals surface area contributed by atoms with Gasteiger partial charge in [0.05, 0.1) is 5.75 Å². The predicted octanol–water partition coefficient (Wildman–Crippen LogP) is 2.09. The maximum Gasteiger partial charge on any atom is 0.451 e. The molecule has 0 aliphatic carbocycles. The molecule has 0 spiro atoms. The number of rotatable bonds is 5. The van der Waals surface area contributed by atoms with Crippen LogP contribution in [0.25, 0.3) is 0 Å². The van der Waals surface area contributed by atoms with Crippen molar-refractivity contribution in [1.29, 1.82) is 0 Å². The SMILES string of the molecule is CC(C)[C@@H](C)NC(=O)CSc1nnc(C(F)(F)F)n1C. The fraction of sp³-hybridized carbons (Fsp3) is 0.727. The first-order valence-electron chi connectivity index (χ1n) is 6.01. The molecule has 1 aromatic heterocycles. The van der Waals surface area contributed by atoms with Gasteiger partial charge in [0.1, 0.15) is 0 Å². The lowest BCUT2D eigenvalue weighted by molar-refractivity contribution is -0.147. The average molecular weight is 310 g/mol. The number of hydrogen-bond donors (Lipinski definition) is 1. The number of alkyl halides is 3. The van der Waals surface area contributed by atoms with E-state index in [1.807, 2.05) is 20.8 Å². The first kappa shape index (κ1) is 16.8. The van der Waals surface area contributed by atoms with Crippen LogP contribution in [-0.2, 0) is 18.0 Å². The van der Waals surface area contributed by atoms with Crippen LogP contribution in [0.5, 0.6) is 0 Å². The maximum atomic E-state index is 12.5. The van der Waals surface area contributed by atoms with E-state index in [9.17, 15) is 18.0 Å². The highest BCUT2D eigenvalue weighted by Gasteiger charge is 2.37. The van der Waals surface area contributed by atoms with Gasteiger partial charge in [-0.15, -0.1) is 10.2 Å². The fourth-order valence-corrected chi connectivity index (χ4v) is 2.00. The lowest BCUT2D eigenvalue weighted by Crippen LogP contribution is -2.37. The topological polar surface area (TPSA) is 59.8 Å². The number of halogens is 3. The van der Waals surface area contributed by atoms with Crippen LogP contribution in [-0.4, -0.2) is 32.5 Å². The van der Waals surface area contributed by atoms with Crippen molar-refractivity contribution in [3.8, 4) is 0 Å². The van der Waals surface area contributed by atoms with Crippen molar-refractivity contribution >= 4 is 17.7 Å². The Morgan fingerprint density at radius 3 is 2.40 bits per heavy atom. The Balaban J connectivity index is 2.59. The van der Waals surface area contributed by atoms with Crippen LogP contribution in [0.1, 0.15) is 26.6 Å². The molecule has 0 aliphatic rings. The van der Waals surface area contributed by atoms with Gasteiger partial charge in [0.2, 0.25) is 11.7 Å². The van der Waals surface area contributed by atoms with E-state index in [1.165, 1.54) is 7.05 Å². The molecule has 20 heavy (non-hydrogen) atoms. The molecule has 0 saturated heterocycles. The predicted molar refractivity (Wildman–Crippen MR) is 69.2 cm³/mol. The Morgan fingerprint density at radius 2 is 1.95 bits per heavy atom. The van der Waals surface area contributed by atoms with Crippen LogP contribution < -0.4 is 5.32 Å². The summed E-state index contributed by atoms with van der Waals surface area (Å²) in [6.07, 6.45) is -4.55. The Hall–Kier alpha value is -1.25. The normalized spacial score (nSPS) is 13.6. The number of amides is 1. The number of nitrogens with zero attached hydrogens (tertiary/aromatic N) is 3. The molecule has 0 aliphatic heterocycles. The molecule has 0 fully saturated rings. The molecule has 1 rings (SSSR count). The van der Waals surface area contributed by atoms with Crippen LogP contribution in [0.2, 0.25) is 0 Å². The van der Waals surface area contributed by atoms with Gasteiger partial charge in [0.15, 0.2) is 5.16 Å². The van der Waals surface area contributed by atoms with E-state index < -0.39 is 12.0 Å². The molecule has 0 unspecified atom stereocenters. The fourth-order valence-electron chi connectivity index (χ4n) is 1.28. The van der Waals surface area contributed by atoms with Gasteiger partial charge in [0, 0.05) is 13.1 Å². The number of aromatic nitrogens is 3. The van der Waals surface area contributed by atoms with E-state index in [1.54, 1.807) is 0 Å². The van der Waals surface area contributed by atoms with Gasteiger partial charge < -0.3 is 9.88 Å². The third-order valence-corrected chi connectivity index (χ3v) is 3.83. The summed E-state index contributed by atoms with van der Waals surface area (Å²) in [4.78, 5) is 11.6. The van der Waals surface area contributed by atoms with E-state index in [0.717, 1.165) is 16.3 Å². The second kappa shape index (κ2) is 6.47. The molecule has 1 aromatic rings. The molecular weight excluding hydrogens is 293 g/mol. The molecule has 1 atom stereocenters. The van der Waals surface area contributed by atoms with E-state index in [-0.39, 0.29) is 28.8 Å². The molecule has 0 radical (unpaired) electrons. The highest BCUT2D eigenvalue weighted by atomic mass is 32.2. The number of carbonyl (C=O) groups is 1. The van der Waals surface area contributed by atoms with Crippen LogP contribution in [0, 0.1) is 5.92 Å². The Labute approximate surface area is 119 Å². The molecule has 0 saturated carbocycles. The smallest absolute Gasteiger partial charge is 0.353 e. The lowest BCUT2D eigenvalue weighted by atomic mass is 10.1. The molecule has 1 heterocycles. The molecular formula is C11H17F3N4OS. The summed E-state index contributed by atoms with van der Waals surface area (Å²) in [7, 11) is 1.22. The second-order valence-corrected chi connectivity index (χ2v) is 5.69. The van der Waals surface area contributed by atoms with E-state index in [4.69, 9.17) is 0 Å². The minimum atomic E-state index is -4.55. The summed E-state index contributed by atoms with van der Waals surface area (Å²) >= 11 is 0.923. The van der Waals surface area contributed by atoms with Gasteiger partial charge in [-0.05, 0) is 12.8 Å². The van der Waals surface area contributed by atoms with Crippen LogP contribution in [0.15, 0.2) is 5.16 Å². The zero-order valence-electron chi connectivity index (χ0n) is 11.7. The van der Waals surface area contributed by atoms with Crippen molar-refractivity contribution in [2.45, 2.75) is 38.1 Å². The standard InChI is InChI=1S/C11H17F3N4OS/c1-6(2)7(3)15-8(19)5-20-10-17-16-9(18(10)4)11(12,13)14/h6-7H,5H2,1-4H3,(H,15,19)/t7-/m1/s1. The average Bonchev–Trinajstić information content (AvgIpc) is 2.67. The number of thioether (sulfide) groups is 1. The van der Waals surface area contributed by atoms with Gasteiger partial charge >= 0.3 is 6.18 Å². The highest BCUT2D eigenvalue weighted by Crippen LogP contribution is 2.29. The number of nitrogens with one attached hydrogen (secondary N) is 1. The molecule has 114 valence electrons. The first-order chi connectivity index (χ1) is 9.12. The van der Waals surface area contributed by atoms with Gasteiger partial charge in [-0.3, -0.25) is 4.79 Å². The lowest BCUT2D eigenvalue weighted by Gasteiger charge is -2.17. The van der Waals surface area contributed by atoms with Gasteiger partial charge in [-0.2, -0.15) is 13.2 Å². The third-order valence-electron chi connectivity index (χ3n) is 2.81. The molecule has 5 nitrogen and oxygen atoms in total. The summed E-state index contributed by atoms with van der Waals surface area (Å²) in [6.45, 7) is 5.81. The number of carbonyl (C=O) groups excluding carboxylic acids is 1. The van der Waals surface area contributed by atoms with Crippen LogP contribution in [0.3, 0.4) is 0 Å². The molecule has 1 amide bonds. The van der Waals surface area contributed by atoms with Crippen LogP contribution >= 0.6 is 11.8 Å². The van der Waals surface area contributed by atoms with Crippen LogP contribution in [0.4, 0.5) is 13.2 Å². The zero-order chi connectivity index (χ0) is 15.5. The van der Waals surface area contributed by atoms with Gasteiger partial charge in [-0.25, -0.2) is 0 Å². The summed E-state index contributed by atoms with van der Waals surface area (Å²) in [6, 6.07) is 0.00772. The van der Waals surface area contributed by atoms with Crippen molar-refractivity contribution in [2.75, 3.05) is 5.75 Å². The zero-order valence-corrected chi connectivity index (χ0v) is 12.5. The minimum Gasteiger partial charge on any atom is -0.353 e. The second-order valence-electron chi connectivity index (χ2n) is 4.75. The monoisotopic (exact) mass is 310 g/mol.